The molecule has 78 valence electrons. The first-order valence-corrected chi connectivity index (χ1v) is 4.97. The van der Waals surface area contributed by atoms with Crippen molar-refractivity contribution in [3.05, 3.63) is 33.0 Å². The Bertz CT molecular complexity index is 462. The number of halogens is 3. The van der Waals surface area contributed by atoms with Gasteiger partial charge in [0, 0.05) is 10.4 Å². The number of ether oxygens (including phenoxy) is 1. The van der Waals surface area contributed by atoms with Gasteiger partial charge in [-0.15, -0.1) is 0 Å². The van der Waals surface area contributed by atoms with Gasteiger partial charge in [-0.25, -0.2) is 9.18 Å². The molecule has 0 fully saturated rings. The third-order valence-electron chi connectivity index (χ3n) is 1.52. The fraction of sp³-hybridized carbons (Fsp3) is 0.100. The lowest BCUT2D eigenvalue weighted by molar-refractivity contribution is -0.133. The van der Waals surface area contributed by atoms with Crippen LogP contribution in [0, 0.1) is 17.7 Å². The van der Waals surface area contributed by atoms with Crippen LogP contribution in [0.1, 0.15) is 5.56 Å². The van der Waals surface area contributed by atoms with E-state index in [0.717, 1.165) is 0 Å². The summed E-state index contributed by atoms with van der Waals surface area (Å²) < 4.78 is 18.1. The second-order valence-corrected chi connectivity index (χ2v) is 3.70. The minimum absolute atomic E-state index is 0.0496. The van der Waals surface area contributed by atoms with Crippen LogP contribution in [0.5, 0.6) is 0 Å². The molecule has 15 heavy (non-hydrogen) atoms. The van der Waals surface area contributed by atoms with Crippen molar-refractivity contribution >= 4 is 33.5 Å². The largest absolute Gasteiger partial charge is 0.459 e. The number of hydrogen-bond acceptors (Lipinski definition) is 2. The van der Waals surface area contributed by atoms with E-state index in [9.17, 15) is 9.18 Å². The molecule has 0 radical (unpaired) electrons. The predicted octanol–water partition coefficient (Wildman–Crippen LogP) is 2.77. The van der Waals surface area contributed by atoms with Gasteiger partial charge in [-0.05, 0) is 28.1 Å². The van der Waals surface area contributed by atoms with Crippen molar-refractivity contribution in [2.24, 2.45) is 0 Å². The summed E-state index contributed by atoms with van der Waals surface area (Å²) >= 11 is 8.69. The van der Waals surface area contributed by atoms with Gasteiger partial charge in [0.2, 0.25) is 0 Å². The van der Waals surface area contributed by atoms with Gasteiger partial charge in [0.25, 0.3) is 0 Å². The minimum Gasteiger partial charge on any atom is -0.459 e. The third-order valence-corrected chi connectivity index (χ3v) is 2.78. The van der Waals surface area contributed by atoms with E-state index in [1.54, 1.807) is 6.07 Å². The van der Waals surface area contributed by atoms with E-state index in [1.165, 1.54) is 13.2 Å². The topological polar surface area (TPSA) is 26.3 Å². The molecule has 1 aromatic rings. The number of hydrogen-bond donors (Lipinski definition) is 0. The van der Waals surface area contributed by atoms with Gasteiger partial charge >= 0.3 is 5.97 Å². The first kappa shape index (κ1) is 12.0. The van der Waals surface area contributed by atoms with Crippen LogP contribution in [0.15, 0.2) is 16.6 Å². The molecule has 0 aliphatic heterocycles. The molecule has 5 heteroatoms. The molecule has 1 rings (SSSR count). The molecule has 0 spiro atoms. The van der Waals surface area contributed by atoms with E-state index >= 15 is 0 Å². The summed E-state index contributed by atoms with van der Waals surface area (Å²) in [6, 6.07) is 2.97. The highest BCUT2D eigenvalue weighted by Crippen LogP contribution is 2.26. The van der Waals surface area contributed by atoms with Gasteiger partial charge < -0.3 is 4.74 Å². The van der Waals surface area contributed by atoms with Crippen LogP contribution < -0.4 is 0 Å². The van der Waals surface area contributed by atoms with E-state index in [4.69, 9.17) is 11.6 Å². The third kappa shape index (κ3) is 2.95. The number of esters is 1. The molecule has 0 N–H and O–H groups in total. The Labute approximate surface area is 99.5 Å². The fourth-order valence-corrected chi connectivity index (χ4v) is 1.26. The van der Waals surface area contributed by atoms with Crippen LogP contribution in [-0.2, 0) is 9.53 Å². The lowest BCUT2D eigenvalue weighted by atomic mass is 10.2. The Kier molecular flexibility index (Phi) is 4.13. The molecular weight excluding hydrogens is 286 g/mol. The van der Waals surface area contributed by atoms with Crippen molar-refractivity contribution < 1.29 is 13.9 Å². The first-order valence-electron chi connectivity index (χ1n) is 3.79. The highest BCUT2D eigenvalue weighted by atomic mass is 79.9. The van der Waals surface area contributed by atoms with E-state index in [0.29, 0.717) is 4.47 Å². The van der Waals surface area contributed by atoms with Gasteiger partial charge in [0.1, 0.15) is 0 Å². The smallest absolute Gasteiger partial charge is 0.384 e. The summed E-state index contributed by atoms with van der Waals surface area (Å²) in [6.45, 7) is 0. The molecule has 0 aromatic heterocycles. The number of carbonyl (C=O) groups excluding carboxylic acids is 1. The number of rotatable bonds is 0. The lowest BCUT2D eigenvalue weighted by Crippen LogP contribution is -1.95. The zero-order valence-electron chi connectivity index (χ0n) is 7.61. The van der Waals surface area contributed by atoms with E-state index < -0.39 is 11.8 Å². The first-order chi connectivity index (χ1) is 7.06. The van der Waals surface area contributed by atoms with Crippen LogP contribution in [0.25, 0.3) is 0 Å². The van der Waals surface area contributed by atoms with Crippen LogP contribution in [0.2, 0.25) is 5.02 Å². The molecular formula is C10H5BrClFO2. The molecule has 1 aromatic carbocycles. The van der Waals surface area contributed by atoms with Crippen molar-refractivity contribution in [3.63, 3.8) is 0 Å². The van der Waals surface area contributed by atoms with Crippen LogP contribution in [-0.4, -0.2) is 13.1 Å². The normalized spacial score (nSPS) is 9.07. The minimum atomic E-state index is -0.728. The number of carbonyl (C=O) groups is 1. The monoisotopic (exact) mass is 290 g/mol. The van der Waals surface area contributed by atoms with Crippen molar-refractivity contribution in [1.82, 2.24) is 0 Å². The van der Waals surface area contributed by atoms with Crippen molar-refractivity contribution in [2.75, 3.05) is 7.11 Å². The summed E-state index contributed by atoms with van der Waals surface area (Å²) in [7, 11) is 1.20. The Hall–Kier alpha value is -1.05. The second kappa shape index (κ2) is 5.15. The molecule has 0 unspecified atom stereocenters. The molecule has 0 heterocycles. The molecule has 0 aliphatic rings. The highest BCUT2D eigenvalue weighted by Gasteiger charge is 2.08. The molecule has 0 amide bonds. The summed E-state index contributed by atoms with van der Waals surface area (Å²) in [4.78, 5) is 10.7. The van der Waals surface area contributed by atoms with E-state index in [1.807, 2.05) is 0 Å². The van der Waals surface area contributed by atoms with Gasteiger partial charge in [-0.1, -0.05) is 17.5 Å². The zero-order chi connectivity index (χ0) is 11.4. The van der Waals surface area contributed by atoms with E-state index in [-0.39, 0.29) is 10.6 Å². The van der Waals surface area contributed by atoms with Crippen molar-refractivity contribution in [2.45, 2.75) is 0 Å². The number of methoxy groups -OCH3 is 1. The molecule has 0 aliphatic carbocycles. The Morgan fingerprint density at radius 2 is 2.27 bits per heavy atom. The second-order valence-electron chi connectivity index (χ2n) is 2.46. The van der Waals surface area contributed by atoms with Crippen molar-refractivity contribution in [1.29, 1.82) is 0 Å². The van der Waals surface area contributed by atoms with Gasteiger partial charge in [0.05, 0.1) is 17.7 Å². The fourth-order valence-electron chi connectivity index (χ4n) is 0.792. The Morgan fingerprint density at radius 3 is 2.87 bits per heavy atom. The maximum absolute atomic E-state index is 13.4. The number of benzene rings is 1. The van der Waals surface area contributed by atoms with Crippen molar-refractivity contribution in [3.8, 4) is 11.8 Å². The Morgan fingerprint density at radius 1 is 1.60 bits per heavy atom. The maximum Gasteiger partial charge on any atom is 0.384 e. The van der Waals surface area contributed by atoms with Gasteiger partial charge in [0.15, 0.2) is 5.82 Å². The summed E-state index contributed by atoms with van der Waals surface area (Å²) in [6.07, 6.45) is 0. The Balaban J connectivity index is 3.10. The van der Waals surface area contributed by atoms with Gasteiger partial charge in [-0.3, -0.25) is 0 Å². The SMILES string of the molecule is COC(=O)C#Cc1ccc(Br)c(Cl)c1F. The lowest BCUT2D eigenvalue weighted by Gasteiger charge is -1.99. The van der Waals surface area contributed by atoms with Crippen LogP contribution in [0.4, 0.5) is 4.39 Å². The average molecular weight is 292 g/mol. The standard InChI is InChI=1S/C10H5BrClFO2/c1-15-8(14)5-3-6-2-4-7(11)9(12)10(6)13/h2,4H,1H3. The molecule has 0 atom stereocenters. The van der Waals surface area contributed by atoms with E-state index in [2.05, 4.69) is 32.5 Å². The summed E-state index contributed by atoms with van der Waals surface area (Å²) in [5, 5.41) is -0.0633. The molecule has 2 nitrogen and oxygen atoms in total. The molecule has 0 saturated heterocycles. The highest BCUT2D eigenvalue weighted by molar-refractivity contribution is 9.10. The molecule has 0 saturated carbocycles. The molecule has 0 bridgehead atoms. The zero-order valence-corrected chi connectivity index (χ0v) is 9.95. The average Bonchev–Trinajstić information content (AvgIpc) is 2.24. The van der Waals surface area contributed by atoms with Gasteiger partial charge in [-0.2, -0.15) is 0 Å². The van der Waals surface area contributed by atoms with Crippen LogP contribution >= 0.6 is 27.5 Å². The maximum atomic E-state index is 13.4. The quantitative estimate of drug-likeness (QED) is 0.417. The predicted molar refractivity (Wildman–Crippen MR) is 58.0 cm³/mol. The summed E-state index contributed by atoms with van der Waals surface area (Å²) in [5.41, 5.74) is 0.0496. The summed E-state index contributed by atoms with van der Waals surface area (Å²) in [5.74, 6) is 3.05. The van der Waals surface area contributed by atoms with Crippen LogP contribution in [0.3, 0.4) is 0 Å².